The van der Waals surface area contributed by atoms with Crippen LogP contribution >= 0.6 is 0 Å². The van der Waals surface area contributed by atoms with Gasteiger partial charge in [0.05, 0.1) is 0 Å². The van der Waals surface area contributed by atoms with Crippen molar-refractivity contribution in [2.75, 3.05) is 13.1 Å². The fourth-order valence-corrected chi connectivity index (χ4v) is 5.15. The second kappa shape index (κ2) is 8.96. The predicted octanol–water partition coefficient (Wildman–Crippen LogP) is 2.71. The molecule has 2 aliphatic rings. The number of carbonyl (C=O) groups is 2. The van der Waals surface area contributed by atoms with Gasteiger partial charge in [-0.05, 0) is 81.2 Å². The second-order valence-corrected chi connectivity index (χ2v) is 9.44. The molecule has 1 saturated heterocycles. The third-order valence-corrected chi connectivity index (χ3v) is 7.50. The number of phenolic OH excluding ortho intramolecular Hbond substituents is 1. The number of amides is 2. The first-order valence-corrected chi connectivity index (χ1v) is 11.3. The molecular weight excluding hydrogens is 378 g/mol. The molecule has 166 valence electrons. The molecule has 6 heteroatoms. The van der Waals surface area contributed by atoms with Gasteiger partial charge in [0, 0.05) is 24.4 Å². The van der Waals surface area contributed by atoms with Crippen molar-refractivity contribution < 1.29 is 14.7 Å². The lowest BCUT2D eigenvalue weighted by atomic mass is 9.60. The number of primary amides is 1. The third kappa shape index (κ3) is 4.64. The molecule has 4 atom stereocenters. The molecule has 2 amide bonds. The molecule has 30 heavy (non-hydrogen) atoms. The topological polar surface area (TPSA) is 95.7 Å². The van der Waals surface area contributed by atoms with Crippen LogP contribution in [0.3, 0.4) is 0 Å². The molecule has 0 radical (unpaired) electrons. The smallest absolute Gasteiger partial charge is 0.239 e. The van der Waals surface area contributed by atoms with E-state index in [2.05, 4.69) is 31.0 Å². The van der Waals surface area contributed by atoms with E-state index in [0.29, 0.717) is 6.04 Å². The van der Waals surface area contributed by atoms with E-state index in [4.69, 9.17) is 5.73 Å². The second-order valence-electron chi connectivity index (χ2n) is 9.44. The summed E-state index contributed by atoms with van der Waals surface area (Å²) in [6.45, 7) is 10.3. The molecule has 6 nitrogen and oxygen atoms in total. The number of rotatable bonds is 8. The summed E-state index contributed by atoms with van der Waals surface area (Å²) in [6, 6.07) is 5.18. The van der Waals surface area contributed by atoms with E-state index in [-0.39, 0.29) is 24.0 Å². The number of hydrogen-bond donors (Lipinski definition) is 3. The standard InChI is InChI=1S/C24H37N3O3/c1-5-19-8-9-20(28)12-21(19)24(13-22(29)26-16(3)23(25)30)10-11-27(14-18-6-7-18)17(4)15(24)2/h8-9,12,15-18,28H,5-7,10-11,13-14H2,1-4H3,(H2,25,30)(H,26,29)/t15-,16-,17?,24+/m0/s1. The molecule has 0 aromatic heterocycles. The summed E-state index contributed by atoms with van der Waals surface area (Å²) in [5.74, 6) is 0.560. The van der Waals surface area contributed by atoms with Crippen LogP contribution in [-0.4, -0.2) is 47.0 Å². The van der Waals surface area contributed by atoms with Crippen LogP contribution in [0.25, 0.3) is 0 Å². The molecular formula is C24H37N3O3. The van der Waals surface area contributed by atoms with Crippen LogP contribution in [0.5, 0.6) is 5.75 Å². The Morgan fingerprint density at radius 1 is 1.33 bits per heavy atom. The van der Waals surface area contributed by atoms with E-state index in [1.807, 2.05) is 12.1 Å². The molecule has 0 spiro atoms. The summed E-state index contributed by atoms with van der Waals surface area (Å²) in [5, 5.41) is 13.1. The first-order chi connectivity index (χ1) is 14.2. The zero-order valence-electron chi connectivity index (χ0n) is 18.8. The Kier molecular flexibility index (Phi) is 6.75. The van der Waals surface area contributed by atoms with Gasteiger partial charge < -0.3 is 21.1 Å². The fraction of sp³-hybridized carbons (Fsp3) is 0.667. The van der Waals surface area contributed by atoms with Gasteiger partial charge in [-0.2, -0.15) is 0 Å². The fourth-order valence-electron chi connectivity index (χ4n) is 5.15. The lowest BCUT2D eigenvalue weighted by molar-refractivity contribution is -0.128. The number of aromatic hydroxyl groups is 1. The van der Waals surface area contributed by atoms with Crippen molar-refractivity contribution in [1.29, 1.82) is 0 Å². The first-order valence-electron chi connectivity index (χ1n) is 11.3. The van der Waals surface area contributed by atoms with Crippen molar-refractivity contribution in [3.8, 4) is 5.75 Å². The van der Waals surface area contributed by atoms with Crippen molar-refractivity contribution in [2.24, 2.45) is 17.6 Å². The Morgan fingerprint density at radius 2 is 2.03 bits per heavy atom. The number of nitrogens with zero attached hydrogens (tertiary/aromatic N) is 1. The zero-order chi connectivity index (χ0) is 22.1. The molecule has 1 unspecified atom stereocenters. The molecule has 1 aromatic rings. The first kappa shape index (κ1) is 22.6. The Bertz CT molecular complexity index is 792. The highest BCUT2D eigenvalue weighted by Crippen LogP contribution is 2.48. The average Bonchev–Trinajstić information content (AvgIpc) is 3.51. The quantitative estimate of drug-likeness (QED) is 0.608. The minimum atomic E-state index is -0.702. The van der Waals surface area contributed by atoms with Crippen molar-refractivity contribution in [1.82, 2.24) is 10.2 Å². The lowest BCUT2D eigenvalue weighted by Crippen LogP contribution is -2.56. The molecule has 0 bridgehead atoms. The van der Waals surface area contributed by atoms with Crippen LogP contribution in [-0.2, 0) is 21.4 Å². The molecule has 3 rings (SSSR count). The van der Waals surface area contributed by atoms with Crippen LogP contribution in [0.4, 0.5) is 0 Å². The number of piperidine rings is 1. The van der Waals surface area contributed by atoms with Gasteiger partial charge in [0.25, 0.3) is 0 Å². The van der Waals surface area contributed by atoms with Gasteiger partial charge >= 0.3 is 0 Å². The predicted molar refractivity (Wildman–Crippen MR) is 118 cm³/mol. The lowest BCUT2D eigenvalue weighted by Gasteiger charge is -2.51. The van der Waals surface area contributed by atoms with E-state index >= 15 is 0 Å². The van der Waals surface area contributed by atoms with Gasteiger partial charge in [0.2, 0.25) is 11.8 Å². The van der Waals surface area contributed by atoms with Crippen molar-refractivity contribution in [3.63, 3.8) is 0 Å². The summed E-state index contributed by atoms with van der Waals surface area (Å²) < 4.78 is 0. The van der Waals surface area contributed by atoms with E-state index in [9.17, 15) is 14.7 Å². The SMILES string of the molecule is CCc1ccc(O)cc1[C@@]1(CC(=O)N[C@@H](C)C(N)=O)CCN(CC2CC2)C(C)[C@@H]1C. The minimum Gasteiger partial charge on any atom is -0.508 e. The van der Waals surface area contributed by atoms with Gasteiger partial charge in [-0.1, -0.05) is 19.9 Å². The molecule has 1 heterocycles. The summed E-state index contributed by atoms with van der Waals surface area (Å²) >= 11 is 0. The highest BCUT2D eigenvalue weighted by atomic mass is 16.3. The number of phenols is 1. The highest BCUT2D eigenvalue weighted by molar-refractivity contribution is 5.86. The maximum absolute atomic E-state index is 13.0. The number of benzene rings is 1. The Hall–Kier alpha value is -2.08. The number of carbonyl (C=O) groups excluding carboxylic acids is 2. The minimum absolute atomic E-state index is 0.165. The van der Waals surface area contributed by atoms with Crippen LogP contribution in [0.1, 0.15) is 64.5 Å². The van der Waals surface area contributed by atoms with Gasteiger partial charge in [0.15, 0.2) is 0 Å². The van der Waals surface area contributed by atoms with E-state index in [1.165, 1.54) is 18.4 Å². The van der Waals surface area contributed by atoms with E-state index in [1.54, 1.807) is 13.0 Å². The van der Waals surface area contributed by atoms with Crippen LogP contribution in [0.15, 0.2) is 18.2 Å². The molecule has 1 aliphatic carbocycles. The van der Waals surface area contributed by atoms with Gasteiger partial charge in [0.1, 0.15) is 11.8 Å². The third-order valence-electron chi connectivity index (χ3n) is 7.50. The van der Waals surface area contributed by atoms with Crippen LogP contribution in [0.2, 0.25) is 0 Å². The van der Waals surface area contributed by atoms with Crippen molar-refractivity contribution in [3.05, 3.63) is 29.3 Å². The summed E-state index contributed by atoms with van der Waals surface area (Å²) in [4.78, 5) is 27.0. The van der Waals surface area contributed by atoms with E-state index < -0.39 is 17.4 Å². The van der Waals surface area contributed by atoms with Crippen LogP contribution < -0.4 is 11.1 Å². The number of aryl methyl sites for hydroxylation is 1. The summed E-state index contributed by atoms with van der Waals surface area (Å²) in [5.41, 5.74) is 7.19. The van der Waals surface area contributed by atoms with Gasteiger partial charge in [-0.3, -0.25) is 9.59 Å². The Labute approximate surface area is 180 Å². The van der Waals surface area contributed by atoms with Gasteiger partial charge in [-0.25, -0.2) is 0 Å². The van der Waals surface area contributed by atoms with Crippen LogP contribution in [0, 0.1) is 11.8 Å². The van der Waals surface area contributed by atoms with Crippen molar-refractivity contribution >= 4 is 11.8 Å². The normalized spacial score (nSPS) is 28.1. The van der Waals surface area contributed by atoms with E-state index in [0.717, 1.165) is 37.4 Å². The highest BCUT2D eigenvalue weighted by Gasteiger charge is 2.48. The van der Waals surface area contributed by atoms with Crippen molar-refractivity contribution in [2.45, 2.75) is 77.3 Å². The maximum atomic E-state index is 13.0. The summed E-state index contributed by atoms with van der Waals surface area (Å²) in [7, 11) is 0. The number of nitrogens with two attached hydrogens (primary N) is 1. The largest absolute Gasteiger partial charge is 0.508 e. The summed E-state index contributed by atoms with van der Waals surface area (Å²) in [6.07, 6.45) is 4.61. The average molecular weight is 416 g/mol. The monoisotopic (exact) mass is 415 g/mol. The Balaban J connectivity index is 1.96. The number of likely N-dealkylation sites (tertiary alicyclic amines) is 1. The zero-order valence-corrected chi connectivity index (χ0v) is 18.8. The molecule has 4 N–H and O–H groups in total. The Morgan fingerprint density at radius 3 is 2.63 bits per heavy atom. The molecule has 1 aromatic carbocycles. The van der Waals surface area contributed by atoms with Gasteiger partial charge in [-0.15, -0.1) is 0 Å². The number of hydrogen-bond acceptors (Lipinski definition) is 4. The molecule has 1 saturated carbocycles. The maximum Gasteiger partial charge on any atom is 0.239 e. The number of nitrogens with one attached hydrogen (secondary N) is 1. The molecule has 1 aliphatic heterocycles. The molecule has 2 fully saturated rings.